The van der Waals surface area contributed by atoms with Gasteiger partial charge in [-0.1, -0.05) is 12.1 Å². The van der Waals surface area contributed by atoms with E-state index in [0.29, 0.717) is 4.88 Å². The van der Waals surface area contributed by atoms with Crippen molar-refractivity contribution in [3.63, 3.8) is 0 Å². The third kappa shape index (κ3) is 5.83. The van der Waals surface area contributed by atoms with Gasteiger partial charge in [0.25, 0.3) is 5.91 Å². The molecule has 0 bridgehead atoms. The molecule has 0 atom stereocenters. The predicted molar refractivity (Wildman–Crippen MR) is 121 cm³/mol. The van der Waals surface area contributed by atoms with Crippen LogP contribution in [0.4, 0.5) is 5.69 Å². The van der Waals surface area contributed by atoms with E-state index in [1.807, 2.05) is 30.8 Å². The fraction of sp³-hybridized carbons (Fsp3) is 0.400. The molecule has 1 N–H and O–H groups in total. The first-order valence-corrected chi connectivity index (χ1v) is 11.9. The van der Waals surface area contributed by atoms with Gasteiger partial charge in [0.05, 0.1) is 15.2 Å². The van der Waals surface area contributed by atoms with Crippen molar-refractivity contribution < 1.29 is 9.59 Å². The van der Waals surface area contributed by atoms with Crippen LogP contribution in [0.5, 0.6) is 0 Å². The van der Waals surface area contributed by atoms with Crippen molar-refractivity contribution in [1.82, 2.24) is 9.80 Å². The SMILES string of the molecule is Cc1cc(CN2CCSCC2)ccc1NC(=O)CN(C)C(=O)c1ccc(Br)s1. The number of aryl methyl sites for hydroxylation is 1. The van der Waals surface area contributed by atoms with Crippen LogP contribution in [0.25, 0.3) is 0 Å². The van der Waals surface area contributed by atoms with E-state index in [9.17, 15) is 9.59 Å². The summed E-state index contributed by atoms with van der Waals surface area (Å²) < 4.78 is 0.896. The molecule has 1 saturated heterocycles. The Morgan fingerprint density at radius 2 is 1.96 bits per heavy atom. The maximum Gasteiger partial charge on any atom is 0.264 e. The number of anilines is 1. The van der Waals surface area contributed by atoms with Crippen LogP contribution >= 0.6 is 39.0 Å². The molecule has 2 heterocycles. The number of halogens is 1. The van der Waals surface area contributed by atoms with Gasteiger partial charge in [-0.05, 0) is 52.2 Å². The monoisotopic (exact) mass is 481 g/mol. The van der Waals surface area contributed by atoms with Crippen molar-refractivity contribution in [2.24, 2.45) is 0 Å². The first kappa shape index (κ1) is 21.4. The van der Waals surface area contributed by atoms with E-state index in [1.165, 1.54) is 33.3 Å². The minimum Gasteiger partial charge on any atom is -0.332 e. The van der Waals surface area contributed by atoms with Crippen LogP contribution in [0.1, 0.15) is 20.8 Å². The molecule has 28 heavy (non-hydrogen) atoms. The van der Waals surface area contributed by atoms with Crippen LogP contribution in [0, 0.1) is 6.92 Å². The Balaban J connectivity index is 1.55. The number of hydrogen-bond acceptors (Lipinski definition) is 5. The second kappa shape index (κ2) is 9.91. The molecule has 1 aromatic carbocycles. The second-order valence-electron chi connectivity index (χ2n) is 6.85. The lowest BCUT2D eigenvalue weighted by molar-refractivity contribution is -0.116. The molecule has 5 nitrogen and oxygen atoms in total. The molecule has 1 aliphatic rings. The molecule has 3 rings (SSSR count). The highest BCUT2D eigenvalue weighted by Gasteiger charge is 2.17. The molecule has 0 radical (unpaired) electrons. The summed E-state index contributed by atoms with van der Waals surface area (Å²) in [6.45, 7) is 5.22. The van der Waals surface area contributed by atoms with Crippen molar-refractivity contribution in [3.8, 4) is 0 Å². The Morgan fingerprint density at radius 3 is 2.61 bits per heavy atom. The number of thiophene rings is 1. The Hall–Kier alpha value is -1.35. The van der Waals surface area contributed by atoms with Gasteiger partial charge in [0.15, 0.2) is 0 Å². The molecule has 0 unspecified atom stereocenters. The van der Waals surface area contributed by atoms with E-state index < -0.39 is 0 Å². The fourth-order valence-electron chi connectivity index (χ4n) is 3.08. The zero-order valence-corrected chi connectivity index (χ0v) is 19.3. The predicted octanol–water partition coefficient (Wildman–Crippen LogP) is 4.08. The molecular weight excluding hydrogens is 458 g/mol. The van der Waals surface area contributed by atoms with Gasteiger partial charge < -0.3 is 10.2 Å². The van der Waals surface area contributed by atoms with Crippen molar-refractivity contribution in [3.05, 3.63) is 50.1 Å². The van der Waals surface area contributed by atoms with Crippen LogP contribution in [-0.4, -0.2) is 59.8 Å². The molecule has 1 aliphatic heterocycles. The first-order valence-electron chi connectivity index (χ1n) is 9.12. The van der Waals surface area contributed by atoms with E-state index in [0.717, 1.165) is 34.7 Å². The molecule has 0 spiro atoms. The van der Waals surface area contributed by atoms with E-state index in [-0.39, 0.29) is 18.4 Å². The molecular formula is C20H24BrN3O2S2. The number of thioether (sulfide) groups is 1. The largest absolute Gasteiger partial charge is 0.332 e. The highest BCUT2D eigenvalue weighted by molar-refractivity contribution is 9.11. The van der Waals surface area contributed by atoms with Gasteiger partial charge in [-0.2, -0.15) is 11.8 Å². The topological polar surface area (TPSA) is 52.7 Å². The van der Waals surface area contributed by atoms with Gasteiger partial charge in [-0.3, -0.25) is 14.5 Å². The number of nitrogens with zero attached hydrogens (tertiary/aromatic N) is 2. The van der Waals surface area contributed by atoms with Crippen molar-refractivity contribution in [2.45, 2.75) is 13.5 Å². The summed E-state index contributed by atoms with van der Waals surface area (Å²) in [6.07, 6.45) is 0. The van der Waals surface area contributed by atoms with Crippen LogP contribution < -0.4 is 5.32 Å². The van der Waals surface area contributed by atoms with Crippen LogP contribution in [0.15, 0.2) is 34.1 Å². The van der Waals surface area contributed by atoms with Crippen LogP contribution in [-0.2, 0) is 11.3 Å². The number of carbonyl (C=O) groups is 2. The molecule has 150 valence electrons. The summed E-state index contributed by atoms with van der Waals surface area (Å²) in [7, 11) is 1.64. The summed E-state index contributed by atoms with van der Waals surface area (Å²) in [6, 6.07) is 9.76. The van der Waals surface area contributed by atoms with Gasteiger partial charge in [0.2, 0.25) is 5.91 Å². The Bertz CT molecular complexity index is 850. The number of benzene rings is 1. The Morgan fingerprint density at radius 1 is 1.21 bits per heavy atom. The van der Waals surface area contributed by atoms with E-state index >= 15 is 0 Å². The standard InChI is InChI=1S/C20H24BrN3O2S2/c1-14-11-15(12-24-7-9-27-10-8-24)3-4-16(14)22-19(25)13-23(2)20(26)17-5-6-18(21)28-17/h3-6,11H,7-10,12-13H2,1-2H3,(H,22,25). The van der Waals surface area contributed by atoms with Gasteiger partial charge in [-0.15, -0.1) is 11.3 Å². The number of carbonyl (C=O) groups excluding carboxylic acids is 2. The van der Waals surface area contributed by atoms with Gasteiger partial charge in [0, 0.05) is 43.9 Å². The maximum absolute atomic E-state index is 12.4. The minimum atomic E-state index is -0.199. The van der Waals surface area contributed by atoms with E-state index in [4.69, 9.17) is 0 Å². The highest BCUT2D eigenvalue weighted by atomic mass is 79.9. The quantitative estimate of drug-likeness (QED) is 0.675. The normalized spacial score (nSPS) is 14.7. The Labute approximate surface area is 182 Å². The lowest BCUT2D eigenvalue weighted by atomic mass is 10.1. The fourth-order valence-corrected chi connectivity index (χ4v) is 5.44. The molecule has 2 amide bonds. The third-order valence-electron chi connectivity index (χ3n) is 4.59. The van der Waals surface area contributed by atoms with E-state index in [2.05, 4.69) is 38.3 Å². The average molecular weight is 482 g/mol. The smallest absolute Gasteiger partial charge is 0.264 e. The first-order chi connectivity index (χ1) is 13.4. The summed E-state index contributed by atoms with van der Waals surface area (Å²) >= 11 is 6.73. The number of hydrogen-bond donors (Lipinski definition) is 1. The third-order valence-corrected chi connectivity index (χ3v) is 7.14. The number of nitrogens with one attached hydrogen (secondary N) is 1. The molecule has 1 fully saturated rings. The number of rotatable bonds is 6. The van der Waals surface area contributed by atoms with Crippen LogP contribution in [0.3, 0.4) is 0 Å². The van der Waals surface area contributed by atoms with Crippen LogP contribution in [0.2, 0.25) is 0 Å². The van der Waals surface area contributed by atoms with E-state index in [1.54, 1.807) is 13.1 Å². The van der Waals surface area contributed by atoms with Gasteiger partial charge in [-0.25, -0.2) is 0 Å². The molecule has 1 aromatic heterocycles. The highest BCUT2D eigenvalue weighted by Crippen LogP contribution is 2.23. The van der Waals surface area contributed by atoms with Gasteiger partial charge in [0.1, 0.15) is 0 Å². The zero-order valence-electron chi connectivity index (χ0n) is 16.0. The molecule has 2 aromatic rings. The van der Waals surface area contributed by atoms with Crippen molar-refractivity contribution in [2.75, 3.05) is 43.5 Å². The lowest BCUT2D eigenvalue weighted by Gasteiger charge is -2.26. The minimum absolute atomic E-state index is 0.0149. The summed E-state index contributed by atoms with van der Waals surface area (Å²) in [4.78, 5) is 29.3. The zero-order chi connectivity index (χ0) is 20.1. The molecule has 0 aliphatic carbocycles. The lowest BCUT2D eigenvalue weighted by Crippen LogP contribution is -2.34. The average Bonchev–Trinajstić information content (AvgIpc) is 3.10. The number of likely N-dealkylation sites (N-methyl/N-ethyl adjacent to an activating group) is 1. The summed E-state index contributed by atoms with van der Waals surface area (Å²) in [5.41, 5.74) is 3.09. The molecule has 8 heteroatoms. The Kier molecular flexibility index (Phi) is 7.56. The molecule has 0 saturated carbocycles. The number of amides is 2. The van der Waals surface area contributed by atoms with Gasteiger partial charge >= 0.3 is 0 Å². The van der Waals surface area contributed by atoms with Crippen molar-refractivity contribution in [1.29, 1.82) is 0 Å². The van der Waals surface area contributed by atoms with Crippen molar-refractivity contribution >= 4 is 56.5 Å². The summed E-state index contributed by atoms with van der Waals surface area (Å²) in [5, 5.41) is 2.93. The second-order valence-corrected chi connectivity index (χ2v) is 10.5. The summed E-state index contributed by atoms with van der Waals surface area (Å²) in [5.74, 6) is 2.04. The maximum atomic E-state index is 12.4.